The van der Waals surface area contributed by atoms with Crippen LogP contribution >= 0.6 is 0 Å². The summed E-state index contributed by atoms with van der Waals surface area (Å²) in [5, 5.41) is 11.8. The van der Waals surface area contributed by atoms with E-state index in [4.69, 9.17) is 10.00 Å². The highest BCUT2D eigenvalue weighted by Gasteiger charge is 2.05. The summed E-state index contributed by atoms with van der Waals surface area (Å²) < 4.78 is 5.82. The molecule has 2 rings (SSSR count). The van der Waals surface area contributed by atoms with Crippen LogP contribution in [-0.4, -0.2) is 12.0 Å². The number of rotatable bonds is 5. The van der Waals surface area contributed by atoms with E-state index in [0.717, 1.165) is 22.7 Å². The smallest absolute Gasteiger partial charge is 0.142 e. The molecular formula is C16H17N3O. The molecule has 1 aromatic carbocycles. The lowest BCUT2D eigenvalue weighted by atomic mass is 10.1. The molecule has 0 aliphatic heterocycles. The van der Waals surface area contributed by atoms with Crippen molar-refractivity contribution < 1.29 is 4.74 Å². The Labute approximate surface area is 119 Å². The van der Waals surface area contributed by atoms with E-state index in [-0.39, 0.29) is 0 Å². The Morgan fingerprint density at radius 2 is 1.95 bits per heavy atom. The first-order valence-electron chi connectivity index (χ1n) is 6.46. The molecule has 1 heterocycles. The fourth-order valence-corrected chi connectivity index (χ4v) is 1.86. The highest BCUT2D eigenvalue weighted by molar-refractivity contribution is 5.32. The Bertz CT molecular complexity index is 615. The van der Waals surface area contributed by atoms with Crippen LogP contribution in [0.25, 0.3) is 0 Å². The largest absolute Gasteiger partial charge is 0.487 e. The number of aromatic nitrogens is 1. The summed E-state index contributed by atoms with van der Waals surface area (Å²) in [6.07, 6.45) is 0. The number of benzene rings is 1. The Morgan fingerprint density at radius 1 is 1.20 bits per heavy atom. The summed E-state index contributed by atoms with van der Waals surface area (Å²) in [4.78, 5) is 4.47. The van der Waals surface area contributed by atoms with Crippen molar-refractivity contribution in [3.8, 4) is 11.8 Å². The van der Waals surface area contributed by atoms with E-state index in [1.165, 1.54) is 0 Å². The summed E-state index contributed by atoms with van der Waals surface area (Å²) in [6.45, 7) is 3.10. The summed E-state index contributed by atoms with van der Waals surface area (Å²) in [5.41, 5.74) is 3.56. The Morgan fingerprint density at radius 3 is 2.60 bits per heavy atom. The van der Waals surface area contributed by atoms with Gasteiger partial charge in [-0.15, -0.1) is 0 Å². The zero-order valence-electron chi connectivity index (χ0n) is 11.7. The van der Waals surface area contributed by atoms with Gasteiger partial charge in [0.1, 0.15) is 12.4 Å². The van der Waals surface area contributed by atoms with Crippen LogP contribution in [0.15, 0.2) is 36.4 Å². The normalized spacial score (nSPS) is 10.1. The van der Waals surface area contributed by atoms with Gasteiger partial charge in [0.25, 0.3) is 0 Å². The van der Waals surface area contributed by atoms with Gasteiger partial charge in [-0.05, 0) is 43.8 Å². The minimum absolute atomic E-state index is 0.465. The summed E-state index contributed by atoms with van der Waals surface area (Å²) >= 11 is 0. The van der Waals surface area contributed by atoms with Gasteiger partial charge in [0, 0.05) is 12.2 Å². The van der Waals surface area contributed by atoms with Gasteiger partial charge in [-0.25, -0.2) is 0 Å². The average molecular weight is 267 g/mol. The molecule has 102 valence electrons. The van der Waals surface area contributed by atoms with Crippen LogP contribution < -0.4 is 10.1 Å². The van der Waals surface area contributed by atoms with Crippen LogP contribution in [0, 0.1) is 18.3 Å². The second kappa shape index (κ2) is 6.69. The first-order chi connectivity index (χ1) is 9.72. The molecule has 0 fully saturated rings. The predicted molar refractivity (Wildman–Crippen MR) is 77.2 cm³/mol. The first kappa shape index (κ1) is 14.0. The third-order valence-electron chi connectivity index (χ3n) is 2.89. The van der Waals surface area contributed by atoms with E-state index >= 15 is 0 Å². The highest BCUT2D eigenvalue weighted by atomic mass is 16.5. The number of nitriles is 1. The van der Waals surface area contributed by atoms with Crippen LogP contribution in [0.4, 0.5) is 0 Å². The van der Waals surface area contributed by atoms with Gasteiger partial charge in [0.15, 0.2) is 0 Å². The third-order valence-corrected chi connectivity index (χ3v) is 2.89. The molecule has 0 atom stereocenters. The van der Waals surface area contributed by atoms with Crippen LogP contribution in [0.5, 0.6) is 5.75 Å². The molecule has 1 aromatic heterocycles. The van der Waals surface area contributed by atoms with E-state index in [2.05, 4.69) is 16.4 Å². The van der Waals surface area contributed by atoms with Crippen LogP contribution in [0.1, 0.15) is 22.5 Å². The standard InChI is InChI=1S/C16H17N3O/c1-12-3-8-16(15(19-12)10-18-2)20-11-14-6-4-13(9-17)5-7-14/h3-8,18H,10-11H2,1-2H3. The number of nitrogens with zero attached hydrogens (tertiary/aromatic N) is 2. The molecule has 0 saturated heterocycles. The van der Waals surface area contributed by atoms with Gasteiger partial charge in [-0.2, -0.15) is 5.26 Å². The van der Waals surface area contributed by atoms with E-state index in [9.17, 15) is 0 Å². The van der Waals surface area contributed by atoms with Gasteiger partial charge in [-0.1, -0.05) is 12.1 Å². The van der Waals surface area contributed by atoms with Gasteiger partial charge in [0.2, 0.25) is 0 Å². The van der Waals surface area contributed by atoms with Crippen LogP contribution in [0.2, 0.25) is 0 Å². The van der Waals surface area contributed by atoms with Gasteiger partial charge in [0.05, 0.1) is 17.3 Å². The van der Waals surface area contributed by atoms with Crippen molar-refractivity contribution in [3.05, 3.63) is 58.9 Å². The minimum atomic E-state index is 0.465. The Balaban J connectivity index is 2.08. The number of hydrogen-bond acceptors (Lipinski definition) is 4. The molecule has 4 nitrogen and oxygen atoms in total. The van der Waals surface area contributed by atoms with Gasteiger partial charge >= 0.3 is 0 Å². The lowest BCUT2D eigenvalue weighted by Crippen LogP contribution is -2.10. The zero-order valence-corrected chi connectivity index (χ0v) is 11.7. The molecular weight excluding hydrogens is 250 g/mol. The van der Waals surface area contributed by atoms with Crippen molar-refractivity contribution in [3.63, 3.8) is 0 Å². The van der Waals surface area contributed by atoms with Crippen molar-refractivity contribution in [2.24, 2.45) is 0 Å². The summed E-state index contributed by atoms with van der Waals surface area (Å²) in [7, 11) is 1.88. The van der Waals surface area contributed by atoms with Crippen molar-refractivity contribution in [1.82, 2.24) is 10.3 Å². The second-order valence-electron chi connectivity index (χ2n) is 4.53. The van der Waals surface area contributed by atoms with Gasteiger partial charge < -0.3 is 10.1 Å². The van der Waals surface area contributed by atoms with Crippen molar-refractivity contribution in [2.45, 2.75) is 20.1 Å². The molecule has 0 aliphatic carbocycles. The fourth-order valence-electron chi connectivity index (χ4n) is 1.86. The van der Waals surface area contributed by atoms with E-state index in [1.807, 2.05) is 38.2 Å². The molecule has 0 unspecified atom stereocenters. The SMILES string of the molecule is CNCc1nc(C)ccc1OCc1ccc(C#N)cc1. The Hall–Kier alpha value is -2.38. The van der Waals surface area contributed by atoms with Crippen molar-refractivity contribution >= 4 is 0 Å². The summed E-state index contributed by atoms with van der Waals surface area (Å²) in [6, 6.07) is 13.4. The molecule has 1 N–H and O–H groups in total. The number of aryl methyl sites for hydroxylation is 1. The zero-order chi connectivity index (χ0) is 14.4. The first-order valence-corrected chi connectivity index (χ1v) is 6.46. The molecule has 0 radical (unpaired) electrons. The predicted octanol–water partition coefficient (Wildman–Crippen LogP) is 2.56. The molecule has 0 saturated carbocycles. The average Bonchev–Trinajstić information content (AvgIpc) is 2.47. The second-order valence-corrected chi connectivity index (χ2v) is 4.53. The molecule has 0 spiro atoms. The van der Waals surface area contributed by atoms with Gasteiger partial charge in [-0.3, -0.25) is 4.98 Å². The van der Waals surface area contributed by atoms with E-state index in [1.54, 1.807) is 12.1 Å². The molecule has 0 aliphatic rings. The van der Waals surface area contributed by atoms with Crippen molar-refractivity contribution in [2.75, 3.05) is 7.05 Å². The maximum absolute atomic E-state index is 8.76. The molecule has 0 amide bonds. The number of ether oxygens (including phenoxy) is 1. The van der Waals surface area contributed by atoms with E-state index < -0.39 is 0 Å². The number of pyridine rings is 1. The maximum atomic E-state index is 8.76. The lowest BCUT2D eigenvalue weighted by Gasteiger charge is -2.11. The minimum Gasteiger partial charge on any atom is -0.487 e. The fraction of sp³-hybridized carbons (Fsp3) is 0.250. The van der Waals surface area contributed by atoms with Crippen molar-refractivity contribution in [1.29, 1.82) is 5.26 Å². The highest BCUT2D eigenvalue weighted by Crippen LogP contribution is 2.18. The van der Waals surface area contributed by atoms with Crippen LogP contribution in [0.3, 0.4) is 0 Å². The number of hydrogen-bond donors (Lipinski definition) is 1. The van der Waals surface area contributed by atoms with E-state index in [0.29, 0.717) is 18.7 Å². The Kier molecular flexibility index (Phi) is 4.70. The molecule has 4 heteroatoms. The third kappa shape index (κ3) is 3.56. The monoisotopic (exact) mass is 267 g/mol. The molecule has 2 aromatic rings. The number of nitrogens with one attached hydrogen (secondary N) is 1. The maximum Gasteiger partial charge on any atom is 0.142 e. The quantitative estimate of drug-likeness (QED) is 0.904. The van der Waals surface area contributed by atoms with Crippen LogP contribution in [-0.2, 0) is 13.2 Å². The summed E-state index contributed by atoms with van der Waals surface area (Å²) in [5.74, 6) is 0.786. The lowest BCUT2D eigenvalue weighted by molar-refractivity contribution is 0.300. The topological polar surface area (TPSA) is 57.9 Å². The molecule has 0 bridgehead atoms. The molecule has 20 heavy (non-hydrogen) atoms.